The molecular formula is C8H11N5S. The molecule has 2 rings (SSSR count). The van der Waals surface area contributed by atoms with Crippen LogP contribution in [-0.2, 0) is 13.5 Å². The number of nitrogens with zero attached hydrogens (tertiary/aromatic N) is 4. The molecule has 2 heterocycles. The molecular weight excluding hydrogens is 198 g/mol. The zero-order valence-corrected chi connectivity index (χ0v) is 8.66. The summed E-state index contributed by atoms with van der Waals surface area (Å²) in [5.74, 6) is 1.70. The molecule has 0 bridgehead atoms. The van der Waals surface area contributed by atoms with E-state index in [9.17, 15) is 0 Å². The van der Waals surface area contributed by atoms with E-state index in [0.29, 0.717) is 6.54 Å². The molecule has 2 aromatic heterocycles. The molecule has 74 valence electrons. The topological polar surface area (TPSA) is 69.6 Å². The van der Waals surface area contributed by atoms with Crippen LogP contribution in [0.1, 0.15) is 5.82 Å². The number of hydrogen-bond donors (Lipinski definition) is 1. The maximum atomic E-state index is 5.46. The predicted octanol–water partition coefficient (Wildman–Crippen LogP) is 0.440. The molecule has 0 spiro atoms. The molecule has 0 saturated heterocycles. The van der Waals surface area contributed by atoms with Crippen LogP contribution in [0.4, 0.5) is 0 Å². The van der Waals surface area contributed by atoms with E-state index in [0.717, 1.165) is 23.8 Å². The van der Waals surface area contributed by atoms with Gasteiger partial charge in [-0.2, -0.15) is 0 Å². The van der Waals surface area contributed by atoms with Crippen LogP contribution in [0, 0.1) is 0 Å². The molecule has 0 radical (unpaired) electrons. The fourth-order valence-corrected chi connectivity index (χ4v) is 1.78. The monoisotopic (exact) mass is 209 g/mol. The lowest BCUT2D eigenvalue weighted by molar-refractivity contribution is 0.779. The van der Waals surface area contributed by atoms with Crippen molar-refractivity contribution in [3.63, 3.8) is 0 Å². The average molecular weight is 209 g/mol. The zero-order chi connectivity index (χ0) is 9.97. The van der Waals surface area contributed by atoms with Gasteiger partial charge in [-0.25, -0.2) is 4.98 Å². The van der Waals surface area contributed by atoms with Crippen molar-refractivity contribution in [3.8, 4) is 11.5 Å². The van der Waals surface area contributed by atoms with Crippen molar-refractivity contribution >= 4 is 11.3 Å². The highest BCUT2D eigenvalue weighted by Crippen LogP contribution is 2.16. The van der Waals surface area contributed by atoms with Gasteiger partial charge in [0, 0.05) is 18.8 Å². The van der Waals surface area contributed by atoms with E-state index < -0.39 is 0 Å². The van der Waals surface area contributed by atoms with Gasteiger partial charge in [0.05, 0.1) is 5.51 Å². The largest absolute Gasteiger partial charge is 0.330 e. The Hall–Kier alpha value is -1.27. The normalized spacial score (nSPS) is 10.7. The molecule has 14 heavy (non-hydrogen) atoms. The summed E-state index contributed by atoms with van der Waals surface area (Å²) in [7, 11) is 1.93. The molecule has 0 unspecified atom stereocenters. The van der Waals surface area contributed by atoms with Gasteiger partial charge < -0.3 is 10.3 Å². The minimum Gasteiger partial charge on any atom is -0.330 e. The maximum absolute atomic E-state index is 5.46. The summed E-state index contributed by atoms with van der Waals surface area (Å²) in [5.41, 5.74) is 8.12. The molecule has 0 aliphatic carbocycles. The Morgan fingerprint density at radius 1 is 1.50 bits per heavy atom. The van der Waals surface area contributed by atoms with Crippen LogP contribution >= 0.6 is 11.3 Å². The van der Waals surface area contributed by atoms with Crippen LogP contribution in [0.5, 0.6) is 0 Å². The quantitative estimate of drug-likeness (QED) is 0.796. The highest BCUT2D eigenvalue weighted by Gasteiger charge is 2.10. The fraction of sp³-hybridized carbons (Fsp3) is 0.375. The molecule has 0 aromatic carbocycles. The summed E-state index contributed by atoms with van der Waals surface area (Å²) in [6.07, 6.45) is 0.744. The van der Waals surface area contributed by atoms with E-state index in [1.165, 1.54) is 0 Å². The standard InChI is InChI=1S/C8H11N5S/c1-13-7(2-3-9)11-12-8(13)6-4-14-5-10-6/h4-5H,2-3,9H2,1H3. The van der Waals surface area contributed by atoms with E-state index in [1.54, 1.807) is 16.8 Å². The smallest absolute Gasteiger partial charge is 0.183 e. The number of hydrogen-bond acceptors (Lipinski definition) is 5. The Kier molecular flexibility index (Phi) is 2.55. The second kappa shape index (κ2) is 3.85. The van der Waals surface area contributed by atoms with Crippen LogP contribution in [0.3, 0.4) is 0 Å². The highest BCUT2D eigenvalue weighted by atomic mass is 32.1. The van der Waals surface area contributed by atoms with Crippen molar-refractivity contribution < 1.29 is 0 Å². The Bertz CT molecular complexity index is 405. The number of nitrogens with two attached hydrogens (primary N) is 1. The van der Waals surface area contributed by atoms with Gasteiger partial charge in [0.2, 0.25) is 0 Å². The number of thiazole rings is 1. The fourth-order valence-electron chi connectivity index (χ4n) is 1.25. The third kappa shape index (κ3) is 1.53. The van der Waals surface area contributed by atoms with E-state index in [2.05, 4.69) is 15.2 Å². The second-order valence-electron chi connectivity index (χ2n) is 2.91. The van der Waals surface area contributed by atoms with Crippen LogP contribution < -0.4 is 5.73 Å². The number of aromatic nitrogens is 4. The minimum absolute atomic E-state index is 0.586. The van der Waals surface area contributed by atoms with Gasteiger partial charge in [-0.15, -0.1) is 21.5 Å². The second-order valence-corrected chi connectivity index (χ2v) is 3.63. The molecule has 0 fully saturated rings. The van der Waals surface area contributed by atoms with E-state index in [1.807, 2.05) is 17.0 Å². The van der Waals surface area contributed by atoms with Crippen molar-refractivity contribution in [2.24, 2.45) is 12.8 Å². The molecule has 0 aliphatic rings. The van der Waals surface area contributed by atoms with Crippen LogP contribution in [-0.4, -0.2) is 26.3 Å². The molecule has 5 nitrogen and oxygen atoms in total. The van der Waals surface area contributed by atoms with Gasteiger partial charge in [0.1, 0.15) is 11.5 Å². The minimum atomic E-state index is 0.586. The third-order valence-electron chi connectivity index (χ3n) is 1.99. The van der Waals surface area contributed by atoms with Gasteiger partial charge in [-0.3, -0.25) is 0 Å². The SMILES string of the molecule is Cn1c(CCN)nnc1-c1cscn1. The lowest BCUT2D eigenvalue weighted by atomic mass is 10.4. The third-order valence-corrected chi connectivity index (χ3v) is 2.58. The summed E-state index contributed by atoms with van der Waals surface area (Å²) >= 11 is 1.55. The average Bonchev–Trinajstić information content (AvgIpc) is 2.77. The Morgan fingerprint density at radius 3 is 3.00 bits per heavy atom. The molecule has 0 atom stereocenters. The molecule has 2 aromatic rings. The van der Waals surface area contributed by atoms with E-state index in [-0.39, 0.29) is 0 Å². The Morgan fingerprint density at radius 2 is 2.36 bits per heavy atom. The van der Waals surface area contributed by atoms with Gasteiger partial charge >= 0.3 is 0 Å². The first-order chi connectivity index (χ1) is 6.83. The lowest BCUT2D eigenvalue weighted by Crippen LogP contribution is -2.08. The van der Waals surface area contributed by atoms with Crippen molar-refractivity contribution in [1.82, 2.24) is 19.7 Å². The zero-order valence-electron chi connectivity index (χ0n) is 7.84. The van der Waals surface area contributed by atoms with Crippen molar-refractivity contribution in [1.29, 1.82) is 0 Å². The van der Waals surface area contributed by atoms with Crippen LogP contribution in [0.15, 0.2) is 10.9 Å². The summed E-state index contributed by atoms with van der Waals surface area (Å²) in [6.45, 7) is 0.586. The first-order valence-electron chi connectivity index (χ1n) is 4.30. The Balaban J connectivity index is 2.36. The van der Waals surface area contributed by atoms with E-state index >= 15 is 0 Å². The molecule has 6 heteroatoms. The van der Waals surface area contributed by atoms with Crippen LogP contribution in [0.25, 0.3) is 11.5 Å². The van der Waals surface area contributed by atoms with Gasteiger partial charge in [-0.1, -0.05) is 0 Å². The molecule has 0 aliphatic heterocycles. The van der Waals surface area contributed by atoms with Gasteiger partial charge in [0.15, 0.2) is 5.82 Å². The lowest BCUT2D eigenvalue weighted by Gasteiger charge is -1.99. The van der Waals surface area contributed by atoms with Gasteiger partial charge in [0.25, 0.3) is 0 Å². The van der Waals surface area contributed by atoms with Crippen molar-refractivity contribution in [2.45, 2.75) is 6.42 Å². The highest BCUT2D eigenvalue weighted by molar-refractivity contribution is 7.07. The molecule has 0 amide bonds. The van der Waals surface area contributed by atoms with Crippen molar-refractivity contribution in [3.05, 3.63) is 16.7 Å². The summed E-state index contributed by atoms with van der Waals surface area (Å²) < 4.78 is 1.93. The predicted molar refractivity (Wildman–Crippen MR) is 54.9 cm³/mol. The summed E-state index contributed by atoms with van der Waals surface area (Å²) in [4.78, 5) is 4.18. The van der Waals surface area contributed by atoms with E-state index in [4.69, 9.17) is 5.73 Å². The summed E-state index contributed by atoms with van der Waals surface area (Å²) in [5, 5.41) is 10.1. The first kappa shape index (κ1) is 9.29. The van der Waals surface area contributed by atoms with Crippen LogP contribution in [0.2, 0.25) is 0 Å². The molecule has 0 saturated carbocycles. The maximum Gasteiger partial charge on any atom is 0.183 e. The first-order valence-corrected chi connectivity index (χ1v) is 5.24. The number of rotatable bonds is 3. The Labute approximate surface area is 85.6 Å². The van der Waals surface area contributed by atoms with Gasteiger partial charge in [-0.05, 0) is 6.54 Å². The molecule has 2 N–H and O–H groups in total. The summed E-state index contributed by atoms with van der Waals surface area (Å²) in [6, 6.07) is 0. The van der Waals surface area contributed by atoms with Crippen molar-refractivity contribution in [2.75, 3.05) is 6.54 Å².